The van der Waals surface area contributed by atoms with Crippen molar-refractivity contribution >= 4 is 40.0 Å². The van der Waals surface area contributed by atoms with Crippen molar-refractivity contribution in [3.05, 3.63) is 88.3 Å². The fraction of sp³-hybridized carbons (Fsp3) is 0.269. The first-order valence-corrected chi connectivity index (χ1v) is 11.9. The van der Waals surface area contributed by atoms with Gasteiger partial charge in [-0.3, -0.25) is 9.36 Å². The molecule has 2 aromatic heterocycles. The monoisotopic (exact) mass is 478 g/mol. The fourth-order valence-corrected chi connectivity index (χ4v) is 5.34. The molecule has 0 atom stereocenters. The highest BCUT2D eigenvalue weighted by molar-refractivity contribution is 6.37. The highest BCUT2D eigenvalue weighted by Crippen LogP contribution is 2.39. The Morgan fingerprint density at radius 3 is 2.42 bits per heavy atom. The molecule has 0 unspecified atom stereocenters. The second kappa shape index (κ2) is 9.16. The Balaban J connectivity index is 1.48. The molecule has 2 heterocycles. The van der Waals surface area contributed by atoms with Crippen LogP contribution in [0, 0.1) is 0 Å². The van der Waals surface area contributed by atoms with Crippen LogP contribution in [0.25, 0.3) is 16.9 Å². The normalized spacial score (nSPS) is 15.5. The highest BCUT2D eigenvalue weighted by Gasteiger charge is 2.34. The summed E-state index contributed by atoms with van der Waals surface area (Å²) in [5.41, 5.74) is 2.45. The summed E-state index contributed by atoms with van der Waals surface area (Å²) in [6.45, 7) is 0.562. The molecule has 168 valence electrons. The van der Waals surface area contributed by atoms with Gasteiger partial charge in [0.1, 0.15) is 0 Å². The third-order valence-corrected chi connectivity index (χ3v) is 7.21. The van der Waals surface area contributed by atoms with Gasteiger partial charge in [0, 0.05) is 41.0 Å². The van der Waals surface area contributed by atoms with Gasteiger partial charge in [-0.25, -0.2) is 9.97 Å². The van der Waals surface area contributed by atoms with E-state index < -0.39 is 0 Å². The van der Waals surface area contributed by atoms with Crippen LogP contribution in [0.3, 0.4) is 0 Å². The van der Waals surface area contributed by atoms with Crippen LogP contribution in [-0.4, -0.2) is 27.0 Å². The molecule has 33 heavy (non-hydrogen) atoms. The van der Waals surface area contributed by atoms with Crippen LogP contribution in [0.1, 0.15) is 48.0 Å². The Hall–Kier alpha value is -2.89. The molecule has 1 amide bonds. The number of hydrogen-bond donors (Lipinski definition) is 1. The lowest BCUT2D eigenvalue weighted by Gasteiger charge is -2.38. The smallest absolute Gasteiger partial charge is 0.253 e. The zero-order chi connectivity index (χ0) is 22.8. The van der Waals surface area contributed by atoms with Gasteiger partial charge in [0.05, 0.1) is 16.1 Å². The summed E-state index contributed by atoms with van der Waals surface area (Å²) < 4.78 is 1.81. The zero-order valence-electron chi connectivity index (χ0n) is 18.1. The van der Waals surface area contributed by atoms with Crippen LogP contribution in [0.2, 0.25) is 10.0 Å². The summed E-state index contributed by atoms with van der Waals surface area (Å²) in [4.78, 5) is 22.2. The maximum atomic E-state index is 13.5. The van der Waals surface area contributed by atoms with Crippen molar-refractivity contribution in [1.29, 1.82) is 0 Å². The Bertz CT molecular complexity index is 1280. The molecule has 0 saturated heterocycles. The molecule has 4 aromatic rings. The molecule has 1 N–H and O–H groups in total. The molecule has 5 rings (SSSR count). The molecule has 1 fully saturated rings. The molecular weight excluding hydrogens is 455 g/mol. The first-order chi connectivity index (χ1) is 16.1. The number of amides is 1. The number of aromatic nitrogens is 3. The lowest BCUT2D eigenvalue weighted by atomic mass is 9.69. The third kappa shape index (κ3) is 4.23. The van der Waals surface area contributed by atoms with E-state index in [-0.39, 0.29) is 11.3 Å². The summed E-state index contributed by atoms with van der Waals surface area (Å²) >= 11 is 12.7. The van der Waals surface area contributed by atoms with Gasteiger partial charge in [0.2, 0.25) is 5.95 Å². The molecule has 5 nitrogen and oxygen atoms in total. The first-order valence-electron chi connectivity index (χ1n) is 11.2. The van der Waals surface area contributed by atoms with E-state index in [2.05, 4.69) is 27.4 Å². The van der Waals surface area contributed by atoms with Gasteiger partial charge in [-0.05, 0) is 48.7 Å². The van der Waals surface area contributed by atoms with E-state index in [0.29, 0.717) is 28.5 Å². The number of hydrogen-bond acceptors (Lipinski definition) is 3. The standard InChI is InChI=1S/C26H24Cl2N4O/c27-19-10-8-18(9-11-19)26(12-2-1-3-13-26)17-31-24(33)20-16-32(25-29-14-5-15-30-25)22-7-4-6-21(28)23(20)22/h4-11,14-16H,1-3,12-13,17H2,(H,31,33). The molecule has 1 saturated carbocycles. The number of fused-ring (bicyclic) bond motifs is 1. The van der Waals surface area contributed by atoms with E-state index in [1.165, 1.54) is 12.0 Å². The Morgan fingerprint density at radius 2 is 1.70 bits per heavy atom. The van der Waals surface area contributed by atoms with Gasteiger partial charge in [0.25, 0.3) is 5.91 Å². The third-order valence-electron chi connectivity index (χ3n) is 6.65. The van der Waals surface area contributed by atoms with Crippen molar-refractivity contribution in [1.82, 2.24) is 19.9 Å². The molecule has 0 radical (unpaired) electrons. The lowest BCUT2D eigenvalue weighted by Crippen LogP contribution is -2.42. The van der Waals surface area contributed by atoms with Crippen molar-refractivity contribution in [3.63, 3.8) is 0 Å². The van der Waals surface area contributed by atoms with E-state index in [1.807, 2.05) is 28.8 Å². The quantitative estimate of drug-likeness (QED) is 0.362. The van der Waals surface area contributed by atoms with Crippen molar-refractivity contribution in [2.45, 2.75) is 37.5 Å². The summed E-state index contributed by atoms with van der Waals surface area (Å²) in [6, 6.07) is 15.4. The minimum absolute atomic E-state index is 0.0940. The highest BCUT2D eigenvalue weighted by atomic mass is 35.5. The van der Waals surface area contributed by atoms with Gasteiger partial charge in [-0.2, -0.15) is 0 Å². The van der Waals surface area contributed by atoms with Gasteiger partial charge >= 0.3 is 0 Å². The van der Waals surface area contributed by atoms with Gasteiger partial charge in [-0.15, -0.1) is 0 Å². The Morgan fingerprint density at radius 1 is 0.970 bits per heavy atom. The van der Waals surface area contributed by atoms with E-state index in [9.17, 15) is 4.79 Å². The fourth-order valence-electron chi connectivity index (χ4n) is 4.94. The SMILES string of the molecule is O=C(NCC1(c2ccc(Cl)cc2)CCCCC1)c1cn(-c2ncccn2)c2cccc(Cl)c12. The molecule has 7 heteroatoms. The van der Waals surface area contributed by atoms with E-state index in [1.54, 1.807) is 30.7 Å². The topological polar surface area (TPSA) is 59.8 Å². The first kappa shape index (κ1) is 21.9. The van der Waals surface area contributed by atoms with Crippen LogP contribution < -0.4 is 5.32 Å². The minimum Gasteiger partial charge on any atom is -0.351 e. The predicted octanol–water partition coefficient (Wildman–Crippen LogP) is 6.36. The average molecular weight is 479 g/mol. The predicted molar refractivity (Wildman–Crippen MR) is 132 cm³/mol. The van der Waals surface area contributed by atoms with Crippen LogP contribution in [0.4, 0.5) is 0 Å². The molecular formula is C26H24Cl2N4O. The number of halogens is 2. The number of carbonyl (C=O) groups is 1. The van der Waals surface area contributed by atoms with Crippen molar-refractivity contribution in [2.24, 2.45) is 0 Å². The number of rotatable bonds is 5. The average Bonchev–Trinajstić information content (AvgIpc) is 3.25. The Labute approximate surface area is 202 Å². The van der Waals surface area contributed by atoms with E-state index >= 15 is 0 Å². The minimum atomic E-state index is -0.151. The molecule has 2 aromatic carbocycles. The molecule has 1 aliphatic rings. The largest absolute Gasteiger partial charge is 0.351 e. The van der Waals surface area contributed by atoms with Crippen molar-refractivity contribution < 1.29 is 4.79 Å². The summed E-state index contributed by atoms with van der Waals surface area (Å²) in [6.07, 6.45) is 10.7. The molecule has 1 aliphatic carbocycles. The number of nitrogens with one attached hydrogen (secondary N) is 1. The van der Waals surface area contributed by atoms with Crippen molar-refractivity contribution in [2.75, 3.05) is 6.54 Å². The lowest BCUT2D eigenvalue weighted by molar-refractivity contribution is 0.0938. The maximum absolute atomic E-state index is 13.5. The zero-order valence-corrected chi connectivity index (χ0v) is 19.6. The second-order valence-corrected chi connectivity index (χ2v) is 9.47. The number of nitrogens with zero attached hydrogens (tertiary/aromatic N) is 3. The Kier molecular flexibility index (Phi) is 6.09. The number of carbonyl (C=O) groups excluding carboxylic acids is 1. The molecule has 0 aliphatic heterocycles. The van der Waals surface area contributed by atoms with Crippen LogP contribution in [0.15, 0.2) is 67.1 Å². The second-order valence-electron chi connectivity index (χ2n) is 8.63. The number of benzene rings is 2. The van der Waals surface area contributed by atoms with E-state index in [4.69, 9.17) is 23.2 Å². The summed E-state index contributed by atoms with van der Waals surface area (Å²) in [5.74, 6) is 0.343. The molecule has 0 bridgehead atoms. The van der Waals surface area contributed by atoms with Gasteiger partial charge in [-0.1, -0.05) is 60.7 Å². The van der Waals surface area contributed by atoms with Gasteiger partial charge in [0.15, 0.2) is 0 Å². The van der Waals surface area contributed by atoms with Crippen LogP contribution in [-0.2, 0) is 5.41 Å². The summed E-state index contributed by atoms with van der Waals surface area (Å²) in [7, 11) is 0. The van der Waals surface area contributed by atoms with Crippen molar-refractivity contribution in [3.8, 4) is 5.95 Å². The maximum Gasteiger partial charge on any atom is 0.253 e. The summed E-state index contributed by atoms with van der Waals surface area (Å²) in [5, 5.41) is 5.17. The van der Waals surface area contributed by atoms with Gasteiger partial charge < -0.3 is 5.32 Å². The van der Waals surface area contributed by atoms with E-state index in [0.717, 1.165) is 36.2 Å². The van der Waals surface area contributed by atoms with Crippen LogP contribution in [0.5, 0.6) is 0 Å². The molecule has 0 spiro atoms. The van der Waals surface area contributed by atoms with Crippen LogP contribution >= 0.6 is 23.2 Å².